The fourth-order valence-corrected chi connectivity index (χ4v) is 7.14. The fourth-order valence-electron chi connectivity index (χ4n) is 7.14. The van der Waals surface area contributed by atoms with Gasteiger partial charge in [-0.1, -0.05) is 121 Å². The molecule has 5 heteroatoms. The molecule has 0 radical (unpaired) electrons. The Hall–Kier alpha value is -6.46. The smallest absolute Gasteiger partial charge is 0.224 e. The Morgan fingerprint density at radius 2 is 0.780 bits per heavy atom. The molecule has 0 fully saturated rings. The first-order chi connectivity index (χ1) is 24.5. The first kappa shape index (κ1) is 29.7. The molecule has 50 heavy (non-hydrogen) atoms. The van der Waals surface area contributed by atoms with E-state index in [1.165, 1.54) is 0 Å². The van der Waals surface area contributed by atoms with Gasteiger partial charge in [-0.25, -0.2) is 9.97 Å². The van der Waals surface area contributed by atoms with E-state index >= 15 is 0 Å². The molecule has 0 saturated heterocycles. The number of nitrogens with one attached hydrogen (secondary N) is 2. The summed E-state index contributed by atoms with van der Waals surface area (Å²) in [5.74, 6) is 0.573. The Labute approximate surface area is 290 Å². The van der Waals surface area contributed by atoms with Crippen LogP contribution in [0.4, 0.5) is 0 Å². The highest BCUT2D eigenvalue weighted by Crippen LogP contribution is 2.44. The highest BCUT2D eigenvalue weighted by molar-refractivity contribution is 5.97. The molecule has 240 valence electrons. The van der Waals surface area contributed by atoms with E-state index in [-0.39, 0.29) is 0 Å². The van der Waals surface area contributed by atoms with E-state index < -0.39 is 5.60 Å². The Bertz CT molecular complexity index is 2570. The number of benzene rings is 4. The molecule has 4 aromatic carbocycles. The van der Waals surface area contributed by atoms with Crippen LogP contribution in [0.15, 0.2) is 146 Å². The van der Waals surface area contributed by atoms with Crippen molar-refractivity contribution in [1.82, 2.24) is 19.9 Å². The molecule has 0 saturated carbocycles. The summed E-state index contributed by atoms with van der Waals surface area (Å²) >= 11 is 0. The molecular formula is C45H34N4O. The summed E-state index contributed by atoms with van der Waals surface area (Å²) in [4.78, 5) is 18.4. The number of hydrogen-bond acceptors (Lipinski definition) is 3. The monoisotopic (exact) mass is 646 g/mol. The van der Waals surface area contributed by atoms with Crippen molar-refractivity contribution in [2.45, 2.75) is 19.4 Å². The molecule has 9 rings (SSSR count). The van der Waals surface area contributed by atoms with E-state index in [1.807, 2.05) is 24.3 Å². The Kier molecular flexibility index (Phi) is 7.06. The average molecular weight is 647 g/mol. The lowest BCUT2D eigenvalue weighted by Gasteiger charge is -2.21. The summed E-state index contributed by atoms with van der Waals surface area (Å²) in [7, 11) is 0. The lowest BCUT2D eigenvalue weighted by molar-refractivity contribution is 0.127. The van der Waals surface area contributed by atoms with Gasteiger partial charge in [0.2, 0.25) is 5.88 Å². The number of hydrogen-bond donors (Lipinski definition) is 2. The van der Waals surface area contributed by atoms with Crippen molar-refractivity contribution >= 4 is 34.2 Å². The van der Waals surface area contributed by atoms with Crippen molar-refractivity contribution < 1.29 is 4.74 Å². The lowest BCUT2D eigenvalue weighted by Crippen LogP contribution is -2.22. The van der Waals surface area contributed by atoms with Crippen molar-refractivity contribution in [2.75, 3.05) is 0 Å². The van der Waals surface area contributed by atoms with Gasteiger partial charge in [-0.15, -0.1) is 0 Å². The van der Waals surface area contributed by atoms with Gasteiger partial charge < -0.3 is 14.7 Å². The van der Waals surface area contributed by atoms with Crippen LogP contribution in [-0.4, -0.2) is 19.9 Å². The minimum Gasteiger partial charge on any atom is -0.465 e. The molecule has 2 aliphatic heterocycles. The van der Waals surface area contributed by atoms with Crippen LogP contribution in [0.5, 0.6) is 5.88 Å². The largest absolute Gasteiger partial charge is 0.465 e. The zero-order valence-electron chi connectivity index (χ0n) is 27.8. The molecule has 0 amide bonds. The molecular weight excluding hydrogens is 613 g/mol. The van der Waals surface area contributed by atoms with Crippen molar-refractivity contribution in [3.63, 3.8) is 0 Å². The minimum absolute atomic E-state index is 0.573. The maximum absolute atomic E-state index is 6.89. The number of nitrogens with zero attached hydrogens (tertiary/aromatic N) is 2. The Balaban J connectivity index is 1.51. The lowest BCUT2D eigenvalue weighted by atomic mass is 9.95. The second-order valence-electron chi connectivity index (χ2n) is 13.1. The summed E-state index contributed by atoms with van der Waals surface area (Å²) in [6, 6.07) is 50.3. The van der Waals surface area contributed by atoms with Crippen LogP contribution < -0.4 is 4.74 Å². The maximum atomic E-state index is 6.89. The summed E-state index contributed by atoms with van der Waals surface area (Å²) in [6.45, 7) is 4.20. The van der Waals surface area contributed by atoms with E-state index in [0.717, 1.165) is 83.7 Å². The molecule has 7 aromatic rings. The summed E-state index contributed by atoms with van der Waals surface area (Å²) in [6.07, 6.45) is 4.26. The number of aromatic amines is 2. The van der Waals surface area contributed by atoms with Gasteiger partial charge in [0.15, 0.2) is 0 Å². The van der Waals surface area contributed by atoms with Gasteiger partial charge in [-0.2, -0.15) is 0 Å². The molecule has 0 spiro atoms. The number of aromatic nitrogens is 4. The standard InChI is InChI=1S/C45H34N4O/c1-45(2)43-41(31-19-11-5-12-20-31)37-27-25-35(47-37)39(29-15-7-3-8-16-29)33-23-24-34(46-33)40(30-17-9-4-10-18-30)36-26-28-38(48-36)42(44(49-43)50-45)32-21-13-6-14-22-32/h3-28,47-48H,1-2H3. The normalized spacial score (nSPS) is 13.2. The van der Waals surface area contributed by atoms with Gasteiger partial charge in [-0.05, 0) is 72.5 Å². The first-order valence-corrected chi connectivity index (χ1v) is 16.9. The van der Waals surface area contributed by atoms with Gasteiger partial charge in [0.1, 0.15) is 5.60 Å². The van der Waals surface area contributed by atoms with Crippen LogP contribution >= 0.6 is 0 Å². The van der Waals surface area contributed by atoms with Crippen molar-refractivity contribution in [2.24, 2.45) is 0 Å². The molecule has 0 atom stereocenters. The number of fused-ring (bicyclic) bond motifs is 8. The van der Waals surface area contributed by atoms with Gasteiger partial charge in [0, 0.05) is 33.2 Å². The van der Waals surface area contributed by atoms with E-state index in [1.54, 1.807) is 0 Å². The third kappa shape index (κ3) is 5.11. The zero-order valence-corrected chi connectivity index (χ0v) is 27.8. The van der Waals surface area contributed by atoms with Crippen LogP contribution in [0, 0.1) is 0 Å². The molecule has 5 nitrogen and oxygen atoms in total. The van der Waals surface area contributed by atoms with Gasteiger partial charge in [-0.3, -0.25) is 0 Å². The van der Waals surface area contributed by atoms with Crippen LogP contribution in [-0.2, 0) is 5.60 Å². The summed E-state index contributed by atoms with van der Waals surface area (Å²) in [5, 5.41) is 0. The van der Waals surface area contributed by atoms with Crippen molar-refractivity contribution in [3.05, 3.63) is 163 Å². The maximum Gasteiger partial charge on any atom is 0.224 e. The SMILES string of the molecule is CC1(C)Oc2nc1c(-c1ccccc1)c1ccc([nH]1)c(-c1ccccc1)c1nc(c(-c3ccccc3)c3ccc([nH]3)c2-c2ccccc2)C=C1. The summed E-state index contributed by atoms with van der Waals surface area (Å²) in [5.41, 5.74) is 13.8. The van der Waals surface area contributed by atoms with Crippen molar-refractivity contribution in [3.8, 4) is 50.4 Å². The second kappa shape index (κ2) is 11.9. The number of ether oxygens (including phenoxy) is 1. The molecule has 2 N–H and O–H groups in total. The van der Waals surface area contributed by atoms with E-state index in [4.69, 9.17) is 14.7 Å². The fraction of sp³-hybridized carbons (Fsp3) is 0.0667. The minimum atomic E-state index is -0.732. The van der Waals surface area contributed by atoms with E-state index in [9.17, 15) is 0 Å². The molecule has 8 bridgehead atoms. The van der Waals surface area contributed by atoms with Crippen LogP contribution in [0.2, 0.25) is 0 Å². The van der Waals surface area contributed by atoms with Gasteiger partial charge in [0.25, 0.3) is 0 Å². The molecule has 3 aromatic heterocycles. The first-order valence-electron chi connectivity index (χ1n) is 16.9. The molecule has 2 aliphatic rings. The van der Waals surface area contributed by atoms with E-state index in [2.05, 4.69) is 157 Å². The van der Waals surface area contributed by atoms with E-state index in [0.29, 0.717) is 5.88 Å². The third-order valence-corrected chi connectivity index (χ3v) is 9.44. The highest BCUT2D eigenvalue weighted by atomic mass is 16.5. The molecule has 0 unspecified atom stereocenters. The quantitative estimate of drug-likeness (QED) is 0.200. The van der Waals surface area contributed by atoms with Crippen molar-refractivity contribution in [1.29, 1.82) is 0 Å². The summed E-state index contributed by atoms with van der Waals surface area (Å²) < 4.78 is 6.89. The highest BCUT2D eigenvalue weighted by Gasteiger charge is 2.35. The predicted octanol–water partition coefficient (Wildman–Crippen LogP) is 11.5. The second-order valence-corrected chi connectivity index (χ2v) is 13.1. The average Bonchev–Trinajstić information content (AvgIpc) is 3.97. The zero-order chi connectivity index (χ0) is 33.7. The van der Waals surface area contributed by atoms with Crippen LogP contribution in [0.1, 0.15) is 30.9 Å². The predicted molar refractivity (Wildman–Crippen MR) is 205 cm³/mol. The Morgan fingerprint density at radius 3 is 1.22 bits per heavy atom. The third-order valence-electron chi connectivity index (χ3n) is 9.44. The molecule has 0 aliphatic carbocycles. The topological polar surface area (TPSA) is 66.6 Å². The number of rotatable bonds is 4. The van der Waals surface area contributed by atoms with Crippen LogP contribution in [0.3, 0.4) is 0 Å². The molecule has 5 heterocycles. The van der Waals surface area contributed by atoms with Gasteiger partial charge in [0.05, 0.1) is 28.2 Å². The number of H-pyrrole nitrogens is 2. The van der Waals surface area contributed by atoms with Crippen LogP contribution in [0.25, 0.3) is 78.7 Å². The Morgan fingerprint density at radius 1 is 0.420 bits per heavy atom. The van der Waals surface area contributed by atoms with Gasteiger partial charge >= 0.3 is 0 Å².